The lowest BCUT2D eigenvalue weighted by atomic mass is 9.99. The third-order valence-corrected chi connectivity index (χ3v) is 17.8. The van der Waals surface area contributed by atoms with E-state index >= 15 is 19.2 Å². The SMILES string of the molecule is C[C@@H](O)[C@H]1NC(=O)[C@H](CCCCN)NC(=O)[C@@H](Cc2c[nH]c3ccccc23)NC(=O)[C@H](Cc2ccc(CN)cc2)NC(=O)[C@H](Cc2ccccc2)NC(=O)[C@@H](NC(=O)[C@H](Cc2ccc(O)cc2)NC(N)=O)CSSC[C@@H](C(=O)O)NC(=O)[C@H](Cc2ccccc2)NC1=O. The number of H-pyrrole nitrogens is 1. The number of benzene rings is 5. The van der Waals surface area contributed by atoms with Gasteiger partial charge in [-0.25, -0.2) is 9.59 Å². The number of fused-ring (bicyclic) bond motifs is 1. The smallest absolute Gasteiger partial charge is 0.327 e. The van der Waals surface area contributed by atoms with Gasteiger partial charge in [-0.1, -0.05) is 137 Å². The molecule has 10 amide bonds. The molecule has 19 N–H and O–H groups in total. The lowest BCUT2D eigenvalue weighted by molar-refractivity contribution is -0.141. The van der Waals surface area contributed by atoms with Crippen molar-refractivity contribution in [2.45, 2.75) is 125 Å². The number of urea groups is 1. The summed E-state index contributed by atoms with van der Waals surface area (Å²) in [4.78, 5) is 147. The van der Waals surface area contributed by atoms with Gasteiger partial charge in [0.25, 0.3) is 0 Å². The third kappa shape index (κ3) is 21.8. The van der Waals surface area contributed by atoms with Crippen LogP contribution in [0.25, 0.3) is 10.9 Å². The first-order chi connectivity index (χ1) is 44.7. The van der Waals surface area contributed by atoms with E-state index in [1.807, 2.05) is 12.1 Å². The monoisotopic (exact) mass is 1310 g/mol. The molecule has 7 rings (SSSR count). The molecule has 1 aliphatic rings. The summed E-state index contributed by atoms with van der Waals surface area (Å²) in [6.45, 7) is 1.62. The molecule has 26 nitrogen and oxygen atoms in total. The van der Waals surface area contributed by atoms with E-state index < -0.39 is 120 Å². The maximum absolute atomic E-state index is 15.3. The predicted molar refractivity (Wildman–Crippen MR) is 351 cm³/mol. The minimum atomic E-state index is -1.77. The highest BCUT2D eigenvalue weighted by Gasteiger charge is 2.37. The summed E-state index contributed by atoms with van der Waals surface area (Å²) < 4.78 is 0. The Morgan fingerprint density at radius 3 is 1.60 bits per heavy atom. The van der Waals surface area contributed by atoms with Gasteiger partial charge in [0, 0.05) is 67.3 Å². The van der Waals surface area contributed by atoms with Crippen molar-refractivity contribution < 1.29 is 63.3 Å². The van der Waals surface area contributed by atoms with E-state index in [4.69, 9.17) is 17.2 Å². The lowest BCUT2D eigenvalue weighted by Crippen LogP contribution is -2.62. The van der Waals surface area contributed by atoms with Gasteiger partial charge in [0.05, 0.1) is 6.10 Å². The number of hydrogen-bond acceptors (Lipinski definition) is 16. The molecule has 0 saturated carbocycles. The number of aliphatic hydroxyl groups excluding tert-OH is 1. The first-order valence-corrected chi connectivity index (χ1v) is 32.7. The fourth-order valence-electron chi connectivity index (χ4n) is 10.3. The van der Waals surface area contributed by atoms with Crippen LogP contribution in [0, 0.1) is 0 Å². The maximum Gasteiger partial charge on any atom is 0.327 e. The normalized spacial score (nSPS) is 21.7. The van der Waals surface area contributed by atoms with Gasteiger partial charge in [-0.15, -0.1) is 0 Å². The highest BCUT2D eigenvalue weighted by atomic mass is 33.1. The molecule has 0 unspecified atom stereocenters. The molecule has 1 saturated heterocycles. The molecule has 494 valence electrons. The Kier molecular flexibility index (Phi) is 27.0. The van der Waals surface area contributed by atoms with Crippen LogP contribution < -0.4 is 65.1 Å². The third-order valence-electron chi connectivity index (χ3n) is 15.3. The first kappa shape index (κ1) is 71.0. The zero-order valence-corrected chi connectivity index (χ0v) is 52.6. The number of aromatic hydroxyl groups is 1. The standard InChI is InChI=1S/C65H79N13O13S2/c1-37(79)55-63(88)74-50(29-39-14-6-3-7-15-39)59(84)76-54(64(89)90)36-93-92-35-53(75-60(85)51(77-65(68)91)31-41-23-25-44(80)26-24-41)62(87)72-48(28-38-12-4-2-5-13-38)57(82)71-49(30-40-19-21-42(33-67)22-20-40)58(83)73-52(32-43-34-69-46-17-9-8-16-45(43)46)61(86)70-47(56(81)78-55)18-10-11-27-66/h2-9,12-17,19-26,34,37,47-55,69,79-80H,10-11,18,27-33,35-36,66-67H2,1H3,(H,70,86)(H,71,82)(H,72,87)(H,73,83)(H,74,88)(H,75,85)(H,76,84)(H,78,81)(H,89,90)(H3,68,77,91)/t37-,47+,48+,49+,50+,51+,52-,53+,54+,55-/m1/s1. The first-order valence-electron chi connectivity index (χ1n) is 30.2. The van der Waals surface area contributed by atoms with Crippen molar-refractivity contribution in [3.8, 4) is 5.75 Å². The Bertz CT molecular complexity index is 3530. The van der Waals surface area contributed by atoms with E-state index in [2.05, 4.69) is 52.8 Å². The van der Waals surface area contributed by atoms with Crippen LogP contribution >= 0.6 is 21.6 Å². The van der Waals surface area contributed by atoms with Crippen molar-refractivity contribution in [2.75, 3.05) is 18.1 Å². The zero-order chi connectivity index (χ0) is 67.0. The molecular weight excluding hydrogens is 1230 g/mol. The van der Waals surface area contributed by atoms with Crippen LogP contribution in [0.5, 0.6) is 5.75 Å². The van der Waals surface area contributed by atoms with Crippen molar-refractivity contribution in [3.05, 3.63) is 173 Å². The molecule has 0 spiro atoms. The Balaban J connectivity index is 1.32. The number of carbonyl (C=O) groups is 10. The summed E-state index contributed by atoms with van der Waals surface area (Å²) in [7, 11) is 1.77. The second-order valence-electron chi connectivity index (χ2n) is 22.4. The number of primary amides is 1. The number of para-hydroxylation sites is 1. The van der Waals surface area contributed by atoms with Crippen LogP contribution in [0.3, 0.4) is 0 Å². The predicted octanol–water partition coefficient (Wildman–Crippen LogP) is 0.750. The van der Waals surface area contributed by atoms with Crippen molar-refractivity contribution in [1.82, 2.24) is 52.8 Å². The Labute approximate surface area is 544 Å². The topological polar surface area (TPSA) is 434 Å². The van der Waals surface area contributed by atoms with Crippen LogP contribution in [0.4, 0.5) is 4.79 Å². The molecule has 0 bridgehead atoms. The molecule has 93 heavy (non-hydrogen) atoms. The molecule has 1 fully saturated rings. The molecule has 2 heterocycles. The molecule has 5 aromatic carbocycles. The number of unbranched alkanes of at least 4 members (excludes halogenated alkanes) is 1. The van der Waals surface area contributed by atoms with Gasteiger partial charge in [-0.2, -0.15) is 0 Å². The highest BCUT2D eigenvalue weighted by Crippen LogP contribution is 2.25. The Hall–Kier alpha value is -9.48. The maximum atomic E-state index is 15.3. The van der Waals surface area contributed by atoms with E-state index in [0.29, 0.717) is 45.1 Å². The number of nitrogens with two attached hydrogens (primary N) is 3. The second-order valence-corrected chi connectivity index (χ2v) is 25.0. The number of carbonyl (C=O) groups excluding carboxylic acids is 9. The number of carboxylic acid groups (broad SMARTS) is 1. The zero-order valence-electron chi connectivity index (χ0n) is 51.0. The van der Waals surface area contributed by atoms with Gasteiger partial charge in [0.15, 0.2) is 0 Å². The molecular formula is C65H79N13O13S2. The number of aromatic nitrogens is 1. The largest absolute Gasteiger partial charge is 0.508 e. The van der Waals surface area contributed by atoms with Crippen LogP contribution in [0.2, 0.25) is 0 Å². The van der Waals surface area contributed by atoms with Crippen molar-refractivity contribution in [1.29, 1.82) is 0 Å². The molecule has 1 aromatic heterocycles. The number of hydrogen-bond donors (Lipinski definition) is 16. The molecule has 10 atom stereocenters. The van der Waals surface area contributed by atoms with E-state index in [9.17, 15) is 44.1 Å². The Morgan fingerprint density at radius 1 is 0.559 bits per heavy atom. The van der Waals surface area contributed by atoms with Crippen LogP contribution in [-0.2, 0) is 81.8 Å². The minimum Gasteiger partial charge on any atom is -0.508 e. The quantitative estimate of drug-likeness (QED) is 0.0370. The number of aliphatic hydroxyl groups is 1. The molecule has 28 heteroatoms. The number of aromatic amines is 1. The van der Waals surface area contributed by atoms with E-state index in [-0.39, 0.29) is 75.3 Å². The minimum absolute atomic E-state index is 0.0518. The van der Waals surface area contributed by atoms with E-state index in [1.54, 1.807) is 103 Å². The summed E-state index contributed by atoms with van der Waals surface area (Å²) in [5.74, 6) is -9.76. The van der Waals surface area contributed by atoms with Crippen molar-refractivity contribution in [2.24, 2.45) is 17.2 Å². The number of aliphatic carboxylic acids is 1. The fraction of sp³-hybridized carbons (Fsp3) is 0.354. The molecule has 0 radical (unpaired) electrons. The summed E-state index contributed by atoms with van der Waals surface area (Å²) in [6.07, 6.45) is -0.273. The number of phenols is 1. The van der Waals surface area contributed by atoms with Gasteiger partial charge in [-0.05, 0) is 84.3 Å². The second kappa shape index (κ2) is 35.4. The van der Waals surface area contributed by atoms with Gasteiger partial charge < -0.3 is 85.4 Å². The number of amides is 10. The Morgan fingerprint density at radius 2 is 1.04 bits per heavy atom. The average Bonchev–Trinajstić information content (AvgIpc) is 1.86. The van der Waals surface area contributed by atoms with Crippen LogP contribution in [0.1, 0.15) is 59.6 Å². The van der Waals surface area contributed by atoms with Crippen molar-refractivity contribution >= 4 is 91.7 Å². The number of carboxylic acids is 1. The lowest BCUT2D eigenvalue weighted by Gasteiger charge is -2.29. The van der Waals surface area contributed by atoms with Gasteiger partial charge >= 0.3 is 12.0 Å². The van der Waals surface area contributed by atoms with Crippen LogP contribution in [0.15, 0.2) is 140 Å². The summed E-state index contributed by atoms with van der Waals surface area (Å²) in [5, 5.41) is 56.2. The van der Waals surface area contributed by atoms with E-state index in [0.717, 1.165) is 27.2 Å². The molecule has 1 aliphatic heterocycles. The van der Waals surface area contributed by atoms with Gasteiger partial charge in [0.1, 0.15) is 60.1 Å². The van der Waals surface area contributed by atoms with E-state index in [1.165, 1.54) is 31.2 Å². The summed E-state index contributed by atoms with van der Waals surface area (Å²) >= 11 is 0. The number of rotatable bonds is 20. The van der Waals surface area contributed by atoms with Crippen molar-refractivity contribution in [3.63, 3.8) is 0 Å². The fourth-order valence-corrected chi connectivity index (χ4v) is 12.6. The van der Waals surface area contributed by atoms with Gasteiger partial charge in [0.2, 0.25) is 47.3 Å². The average molecular weight is 1310 g/mol. The summed E-state index contributed by atoms with van der Waals surface area (Å²) in [6, 6.07) is 21.8. The van der Waals surface area contributed by atoms with Crippen LogP contribution in [-0.4, -0.2) is 158 Å². The number of nitrogens with one attached hydrogen (secondary N) is 10. The summed E-state index contributed by atoms with van der Waals surface area (Å²) in [5.41, 5.74) is 21.5. The number of phenolic OH excluding ortho intramolecular Hbond substituents is 1. The van der Waals surface area contributed by atoms with Gasteiger partial charge in [-0.3, -0.25) is 38.4 Å². The molecule has 6 aromatic rings. The molecule has 0 aliphatic carbocycles. The highest BCUT2D eigenvalue weighted by molar-refractivity contribution is 8.76.